The van der Waals surface area contributed by atoms with E-state index in [4.69, 9.17) is 11.6 Å². The number of carbonyl (C=O) groups is 2. The van der Waals surface area contributed by atoms with Crippen LogP contribution in [-0.2, 0) is 20.7 Å². The number of hydrogen-bond acceptors (Lipinski definition) is 6. The van der Waals surface area contributed by atoms with Crippen LogP contribution in [0.25, 0.3) is 10.1 Å². The van der Waals surface area contributed by atoms with Crippen LogP contribution in [0.5, 0.6) is 0 Å². The Bertz CT molecular complexity index is 1010. The summed E-state index contributed by atoms with van der Waals surface area (Å²) >= 11 is 8.14. The minimum absolute atomic E-state index is 0.102. The van der Waals surface area contributed by atoms with Crippen molar-refractivity contribution in [1.82, 2.24) is 0 Å². The van der Waals surface area contributed by atoms with Crippen LogP contribution in [0.1, 0.15) is 43.4 Å². The summed E-state index contributed by atoms with van der Waals surface area (Å²) in [6.45, 7) is 0. The van der Waals surface area contributed by atoms with E-state index < -0.39 is 12.2 Å². The fourth-order valence-corrected chi connectivity index (χ4v) is 5.74. The summed E-state index contributed by atoms with van der Waals surface area (Å²) in [5.74, 6) is -0.765. The van der Waals surface area contributed by atoms with Crippen LogP contribution >= 0.6 is 22.9 Å². The van der Waals surface area contributed by atoms with E-state index in [0.717, 1.165) is 26.4 Å². The molecule has 0 spiro atoms. The summed E-state index contributed by atoms with van der Waals surface area (Å²) in [4.78, 5) is 24.6. The lowest BCUT2D eigenvalue weighted by molar-refractivity contribution is -0.140. The van der Waals surface area contributed by atoms with Crippen LogP contribution in [0.3, 0.4) is 0 Å². The lowest BCUT2D eigenvalue weighted by Crippen LogP contribution is -2.19. The molecule has 178 valence electrons. The van der Waals surface area contributed by atoms with Gasteiger partial charge < -0.3 is 14.9 Å². The Kier molecular flexibility index (Phi) is 9.68. The summed E-state index contributed by atoms with van der Waals surface area (Å²) in [5.41, 5.74) is 0. The maximum Gasteiger partial charge on any atom is 0.305 e. The van der Waals surface area contributed by atoms with Gasteiger partial charge in [-0.3, -0.25) is 9.59 Å². The number of esters is 1. The van der Waals surface area contributed by atoms with Gasteiger partial charge in [-0.15, -0.1) is 11.3 Å². The van der Waals surface area contributed by atoms with Gasteiger partial charge in [0.15, 0.2) is 5.78 Å². The highest BCUT2D eigenvalue weighted by Crippen LogP contribution is 2.36. The van der Waals surface area contributed by atoms with E-state index >= 15 is 0 Å². The molecule has 2 unspecified atom stereocenters. The summed E-state index contributed by atoms with van der Waals surface area (Å²) in [6.07, 6.45) is 9.86. The number of unbranched alkanes of at least 4 members (excludes halogenated alkanes) is 1. The maximum absolute atomic E-state index is 12.4. The van der Waals surface area contributed by atoms with E-state index in [-0.39, 0.29) is 23.6 Å². The van der Waals surface area contributed by atoms with Gasteiger partial charge in [-0.05, 0) is 50.5 Å². The third-order valence-corrected chi connectivity index (χ3v) is 7.87. The third kappa shape index (κ3) is 7.00. The average Bonchev–Trinajstić information content (AvgIpc) is 3.28. The average molecular weight is 491 g/mol. The molecular formula is C26H31ClO5S. The first-order valence-electron chi connectivity index (χ1n) is 11.4. The van der Waals surface area contributed by atoms with Crippen molar-refractivity contribution in [3.05, 3.63) is 58.5 Å². The van der Waals surface area contributed by atoms with E-state index in [1.807, 2.05) is 42.5 Å². The molecule has 1 aromatic carbocycles. The molecule has 33 heavy (non-hydrogen) atoms. The van der Waals surface area contributed by atoms with Gasteiger partial charge in [-0.1, -0.05) is 54.1 Å². The summed E-state index contributed by atoms with van der Waals surface area (Å²) in [6, 6.07) is 8.00. The van der Waals surface area contributed by atoms with Crippen LogP contribution in [-0.4, -0.2) is 41.3 Å². The zero-order chi connectivity index (χ0) is 23.8. The number of ketones is 1. The number of thiophene rings is 1. The molecule has 2 aromatic rings. The van der Waals surface area contributed by atoms with Gasteiger partial charge in [-0.25, -0.2) is 0 Å². The van der Waals surface area contributed by atoms with E-state index in [2.05, 4.69) is 4.74 Å². The first-order chi connectivity index (χ1) is 15.9. The summed E-state index contributed by atoms with van der Waals surface area (Å²) in [5, 5.41) is 22.3. The number of hydrogen-bond donors (Lipinski definition) is 2. The number of aliphatic hydroxyl groups excluding tert-OH is 2. The number of aryl methyl sites for hydroxylation is 1. The lowest BCUT2D eigenvalue weighted by Gasteiger charge is -2.13. The van der Waals surface area contributed by atoms with Crippen LogP contribution in [0.2, 0.25) is 5.02 Å². The van der Waals surface area contributed by atoms with Crippen molar-refractivity contribution in [3.8, 4) is 0 Å². The monoisotopic (exact) mass is 490 g/mol. The molecule has 1 saturated carbocycles. The van der Waals surface area contributed by atoms with Crippen LogP contribution in [0.15, 0.2) is 48.6 Å². The molecule has 1 aliphatic rings. The Morgan fingerprint density at radius 3 is 2.88 bits per heavy atom. The molecule has 0 bridgehead atoms. The smallest absolute Gasteiger partial charge is 0.305 e. The number of fused-ring (bicyclic) bond motifs is 1. The van der Waals surface area contributed by atoms with Crippen molar-refractivity contribution in [2.75, 3.05) is 7.11 Å². The van der Waals surface area contributed by atoms with Crippen molar-refractivity contribution >= 4 is 44.8 Å². The molecule has 0 saturated heterocycles. The van der Waals surface area contributed by atoms with Gasteiger partial charge in [-0.2, -0.15) is 0 Å². The van der Waals surface area contributed by atoms with Crippen molar-refractivity contribution in [1.29, 1.82) is 0 Å². The van der Waals surface area contributed by atoms with Gasteiger partial charge in [0.25, 0.3) is 0 Å². The van der Waals surface area contributed by atoms with E-state index in [1.165, 1.54) is 7.11 Å². The maximum atomic E-state index is 12.4. The SMILES string of the molecule is COC(=O)CCC/C=C\C[C@H]1C(=O)C(O)C[C@@H]1/C=C/C(O)CCc1sc2ccccc2c1Cl. The Morgan fingerprint density at radius 1 is 1.33 bits per heavy atom. The number of rotatable bonds is 11. The highest BCUT2D eigenvalue weighted by molar-refractivity contribution is 7.19. The number of ether oxygens (including phenoxy) is 1. The fraction of sp³-hybridized carbons (Fsp3) is 0.462. The molecule has 1 aromatic heterocycles. The number of carbonyl (C=O) groups excluding carboxylic acids is 2. The lowest BCUT2D eigenvalue weighted by atomic mass is 9.91. The standard InChI is InChI=1S/C26H31ClO5S/c1-32-24(30)11-5-3-2-4-8-19-17(16-21(29)26(19)31)12-13-18(28)14-15-23-25(27)20-9-6-7-10-22(20)33-23/h2,4,6-7,9-10,12-13,17-19,21,28-29H,3,5,8,11,14-16H2,1H3/b4-2-,13-12+/t17-,18?,19+,21?/m0/s1. The second kappa shape index (κ2) is 12.5. The molecule has 1 aliphatic carbocycles. The largest absolute Gasteiger partial charge is 0.469 e. The molecule has 2 N–H and O–H groups in total. The number of allylic oxidation sites excluding steroid dienone is 3. The topological polar surface area (TPSA) is 83.8 Å². The summed E-state index contributed by atoms with van der Waals surface area (Å²) in [7, 11) is 1.37. The van der Waals surface area contributed by atoms with E-state index in [0.29, 0.717) is 38.5 Å². The molecule has 1 fully saturated rings. The fourth-order valence-electron chi connectivity index (χ4n) is 4.20. The second-order valence-electron chi connectivity index (χ2n) is 8.43. The van der Waals surface area contributed by atoms with Crippen molar-refractivity contribution in [2.45, 2.75) is 57.2 Å². The van der Waals surface area contributed by atoms with Gasteiger partial charge in [0.2, 0.25) is 0 Å². The molecule has 0 amide bonds. The highest BCUT2D eigenvalue weighted by atomic mass is 35.5. The Labute approximate surface area is 203 Å². The van der Waals surface area contributed by atoms with Gasteiger partial charge in [0, 0.05) is 27.3 Å². The number of Topliss-reactive ketones (excluding diaryl/α,β-unsaturated/α-hetero) is 1. The van der Waals surface area contributed by atoms with E-state index in [9.17, 15) is 19.8 Å². The van der Waals surface area contributed by atoms with Crippen molar-refractivity contribution < 1.29 is 24.5 Å². The summed E-state index contributed by atoms with van der Waals surface area (Å²) < 4.78 is 5.76. The molecule has 3 rings (SSSR count). The number of halogens is 1. The molecule has 4 atom stereocenters. The van der Waals surface area contributed by atoms with Gasteiger partial charge in [0.1, 0.15) is 6.10 Å². The normalized spacial score (nSPS) is 22.1. The third-order valence-electron chi connectivity index (χ3n) is 6.09. The number of benzene rings is 1. The minimum Gasteiger partial charge on any atom is -0.469 e. The van der Waals surface area contributed by atoms with Crippen molar-refractivity contribution in [2.24, 2.45) is 11.8 Å². The predicted molar refractivity (Wildman–Crippen MR) is 133 cm³/mol. The Morgan fingerprint density at radius 2 is 2.12 bits per heavy atom. The number of methoxy groups -OCH3 is 1. The highest BCUT2D eigenvalue weighted by Gasteiger charge is 2.39. The zero-order valence-electron chi connectivity index (χ0n) is 18.8. The number of aliphatic hydroxyl groups is 2. The Hall–Kier alpha value is -1.99. The predicted octanol–water partition coefficient (Wildman–Crippen LogP) is 5.26. The van der Waals surface area contributed by atoms with Crippen molar-refractivity contribution in [3.63, 3.8) is 0 Å². The second-order valence-corrected chi connectivity index (χ2v) is 9.94. The molecule has 0 aliphatic heterocycles. The first kappa shape index (κ1) is 25.6. The van der Waals surface area contributed by atoms with Crippen LogP contribution < -0.4 is 0 Å². The van der Waals surface area contributed by atoms with E-state index in [1.54, 1.807) is 17.4 Å². The molecule has 5 nitrogen and oxygen atoms in total. The Balaban J connectivity index is 1.50. The van der Waals surface area contributed by atoms with Crippen LogP contribution in [0.4, 0.5) is 0 Å². The van der Waals surface area contributed by atoms with Crippen LogP contribution in [0, 0.1) is 11.8 Å². The molecular weight excluding hydrogens is 460 g/mol. The molecule has 1 heterocycles. The molecule has 7 heteroatoms. The zero-order valence-corrected chi connectivity index (χ0v) is 20.4. The minimum atomic E-state index is -0.952. The molecule has 0 radical (unpaired) electrons. The van der Waals surface area contributed by atoms with Gasteiger partial charge in [0.05, 0.1) is 18.2 Å². The first-order valence-corrected chi connectivity index (χ1v) is 12.6. The quantitative estimate of drug-likeness (QED) is 0.255. The van der Waals surface area contributed by atoms with Gasteiger partial charge >= 0.3 is 5.97 Å².